The van der Waals surface area contributed by atoms with Crippen LogP contribution in [-0.4, -0.2) is 47.3 Å². The van der Waals surface area contributed by atoms with E-state index in [0.29, 0.717) is 4.90 Å². The second-order valence-electron chi connectivity index (χ2n) is 2.72. The number of hydrogen-bond donors (Lipinski definition) is 2. The number of nitrogens with one attached hydrogen (secondary N) is 1. The fourth-order valence-corrected chi connectivity index (χ4v) is 0.917. The smallest absolute Gasteiger partial charge is 0.382 e. The maximum Gasteiger partial charge on any atom is 0.416 e. The van der Waals surface area contributed by atoms with Gasteiger partial charge in [0.15, 0.2) is 6.10 Å². The standard InChI is InChI=1S/C6H7F3N2O3/c7-6(8,9)3(12)2-11-4(13)1-10-5(11)14/h3,12H,1-2H2,(H,10,14). The van der Waals surface area contributed by atoms with E-state index in [4.69, 9.17) is 5.11 Å². The number of β-amino-alcohol motifs (C(OH)–C–C–N with tert-alkyl or cyclic N) is 1. The maximum absolute atomic E-state index is 11.8. The van der Waals surface area contributed by atoms with Gasteiger partial charge < -0.3 is 10.4 Å². The number of nitrogens with zero attached hydrogens (tertiary/aromatic N) is 1. The molecule has 1 atom stereocenters. The number of urea groups is 1. The zero-order valence-electron chi connectivity index (χ0n) is 6.84. The van der Waals surface area contributed by atoms with Crippen LogP contribution in [0.5, 0.6) is 0 Å². The number of halogens is 3. The van der Waals surface area contributed by atoms with Crippen molar-refractivity contribution in [2.75, 3.05) is 13.1 Å². The van der Waals surface area contributed by atoms with E-state index in [2.05, 4.69) is 0 Å². The van der Waals surface area contributed by atoms with Gasteiger partial charge in [0.2, 0.25) is 5.91 Å². The van der Waals surface area contributed by atoms with E-state index in [1.807, 2.05) is 5.32 Å². The number of aliphatic hydroxyl groups excluding tert-OH is 1. The molecule has 1 fully saturated rings. The van der Waals surface area contributed by atoms with Crippen molar-refractivity contribution in [1.82, 2.24) is 10.2 Å². The maximum atomic E-state index is 11.8. The minimum atomic E-state index is -4.83. The van der Waals surface area contributed by atoms with Crippen LogP contribution in [0.2, 0.25) is 0 Å². The molecule has 0 saturated carbocycles. The number of hydrogen-bond acceptors (Lipinski definition) is 3. The summed E-state index contributed by atoms with van der Waals surface area (Å²) in [6.45, 7) is -1.39. The van der Waals surface area contributed by atoms with Crippen LogP contribution in [0.25, 0.3) is 0 Å². The van der Waals surface area contributed by atoms with Gasteiger partial charge in [-0.1, -0.05) is 0 Å². The topological polar surface area (TPSA) is 69.6 Å². The first-order valence-corrected chi connectivity index (χ1v) is 3.65. The Morgan fingerprint density at radius 1 is 1.50 bits per heavy atom. The van der Waals surface area contributed by atoms with Crippen LogP contribution in [0.1, 0.15) is 0 Å². The average Bonchev–Trinajstić information content (AvgIpc) is 2.34. The first-order valence-electron chi connectivity index (χ1n) is 3.65. The zero-order valence-corrected chi connectivity index (χ0v) is 6.84. The Kier molecular flexibility index (Phi) is 2.65. The van der Waals surface area contributed by atoms with Crippen molar-refractivity contribution in [2.24, 2.45) is 0 Å². The van der Waals surface area contributed by atoms with Crippen LogP contribution < -0.4 is 5.32 Å². The monoisotopic (exact) mass is 212 g/mol. The summed E-state index contributed by atoms with van der Waals surface area (Å²) in [6.07, 6.45) is -7.53. The molecule has 2 N–H and O–H groups in total. The quantitative estimate of drug-likeness (QED) is 0.604. The lowest BCUT2D eigenvalue weighted by atomic mass is 10.3. The summed E-state index contributed by atoms with van der Waals surface area (Å²) < 4.78 is 35.5. The van der Waals surface area contributed by atoms with Gasteiger partial charge in [0, 0.05) is 0 Å². The first kappa shape index (κ1) is 10.8. The number of aliphatic hydroxyl groups is 1. The molecule has 1 aliphatic rings. The Hall–Kier alpha value is -1.31. The summed E-state index contributed by atoms with van der Waals surface area (Å²) in [5, 5.41) is 10.6. The normalized spacial score (nSPS) is 19.9. The number of alkyl halides is 3. The fraction of sp³-hybridized carbons (Fsp3) is 0.667. The molecule has 0 aromatic heterocycles. The predicted octanol–water partition coefficient (Wildman–Crippen LogP) is -0.539. The average molecular weight is 212 g/mol. The summed E-state index contributed by atoms with van der Waals surface area (Å²) in [6, 6.07) is -0.918. The third kappa shape index (κ3) is 2.13. The molecule has 1 aliphatic heterocycles. The Bertz CT molecular complexity index is 250. The number of rotatable bonds is 2. The third-order valence-electron chi connectivity index (χ3n) is 1.67. The van der Waals surface area contributed by atoms with Crippen molar-refractivity contribution in [3.8, 4) is 0 Å². The van der Waals surface area contributed by atoms with E-state index < -0.39 is 30.8 Å². The molecule has 0 radical (unpaired) electrons. The molecule has 1 rings (SSSR count). The third-order valence-corrected chi connectivity index (χ3v) is 1.67. The van der Waals surface area contributed by atoms with E-state index in [1.165, 1.54) is 0 Å². The second kappa shape index (κ2) is 3.45. The first-order chi connectivity index (χ1) is 6.32. The van der Waals surface area contributed by atoms with Gasteiger partial charge in [-0.05, 0) is 0 Å². The van der Waals surface area contributed by atoms with E-state index in [0.717, 1.165) is 0 Å². The Morgan fingerprint density at radius 2 is 2.07 bits per heavy atom. The van der Waals surface area contributed by atoms with Crippen molar-refractivity contribution in [2.45, 2.75) is 12.3 Å². The van der Waals surface area contributed by atoms with Crippen molar-refractivity contribution >= 4 is 11.9 Å². The largest absolute Gasteiger partial charge is 0.416 e. The van der Waals surface area contributed by atoms with Crippen LogP contribution in [0, 0.1) is 0 Å². The lowest BCUT2D eigenvalue weighted by molar-refractivity contribution is -0.205. The van der Waals surface area contributed by atoms with Crippen LogP contribution in [0.4, 0.5) is 18.0 Å². The summed E-state index contributed by atoms with van der Waals surface area (Å²) >= 11 is 0. The Balaban J connectivity index is 2.60. The summed E-state index contributed by atoms with van der Waals surface area (Å²) in [5.41, 5.74) is 0. The van der Waals surface area contributed by atoms with E-state index in [-0.39, 0.29) is 6.54 Å². The lowest BCUT2D eigenvalue weighted by Crippen LogP contribution is -2.43. The van der Waals surface area contributed by atoms with Crippen molar-refractivity contribution in [3.05, 3.63) is 0 Å². The molecule has 3 amide bonds. The fourth-order valence-electron chi connectivity index (χ4n) is 0.917. The summed E-state index contributed by atoms with van der Waals surface area (Å²) in [4.78, 5) is 21.9. The summed E-state index contributed by atoms with van der Waals surface area (Å²) in [7, 11) is 0. The lowest BCUT2D eigenvalue weighted by Gasteiger charge is -2.19. The molecule has 0 spiro atoms. The van der Waals surface area contributed by atoms with Gasteiger partial charge in [-0.15, -0.1) is 0 Å². The minimum Gasteiger partial charge on any atom is -0.382 e. The van der Waals surface area contributed by atoms with E-state index in [1.54, 1.807) is 0 Å². The molecule has 0 aromatic carbocycles. The number of carbonyl (C=O) groups excluding carboxylic acids is 2. The van der Waals surface area contributed by atoms with Crippen LogP contribution in [-0.2, 0) is 4.79 Å². The minimum absolute atomic E-state index is 0.330. The number of carbonyl (C=O) groups is 2. The van der Waals surface area contributed by atoms with Gasteiger partial charge in [0.05, 0.1) is 13.1 Å². The van der Waals surface area contributed by atoms with Crippen molar-refractivity contribution in [3.63, 3.8) is 0 Å². The molecule has 1 saturated heterocycles. The highest BCUT2D eigenvalue weighted by molar-refractivity contribution is 6.01. The van der Waals surface area contributed by atoms with E-state index in [9.17, 15) is 22.8 Å². The highest BCUT2D eigenvalue weighted by Crippen LogP contribution is 2.21. The Labute approximate surface area is 76.5 Å². The van der Waals surface area contributed by atoms with Crippen molar-refractivity contribution < 1.29 is 27.9 Å². The van der Waals surface area contributed by atoms with Gasteiger partial charge in [-0.2, -0.15) is 13.2 Å². The van der Waals surface area contributed by atoms with Gasteiger partial charge in [-0.25, -0.2) is 4.79 Å². The second-order valence-corrected chi connectivity index (χ2v) is 2.72. The zero-order chi connectivity index (χ0) is 10.9. The van der Waals surface area contributed by atoms with Gasteiger partial charge in [-0.3, -0.25) is 9.69 Å². The molecule has 1 unspecified atom stereocenters. The molecular formula is C6H7F3N2O3. The molecule has 5 nitrogen and oxygen atoms in total. The predicted molar refractivity (Wildman–Crippen MR) is 37.2 cm³/mol. The molecule has 0 aliphatic carbocycles. The van der Waals surface area contributed by atoms with Crippen LogP contribution in [0.3, 0.4) is 0 Å². The van der Waals surface area contributed by atoms with Gasteiger partial charge in [0.1, 0.15) is 0 Å². The van der Waals surface area contributed by atoms with Gasteiger partial charge >= 0.3 is 12.2 Å². The molecule has 1 heterocycles. The molecular weight excluding hydrogens is 205 g/mol. The molecule has 14 heavy (non-hydrogen) atoms. The molecule has 8 heteroatoms. The summed E-state index contributed by atoms with van der Waals surface area (Å²) in [5.74, 6) is -0.779. The number of amides is 3. The molecule has 0 bridgehead atoms. The highest BCUT2D eigenvalue weighted by Gasteiger charge is 2.42. The molecule has 0 aromatic rings. The van der Waals surface area contributed by atoms with Crippen LogP contribution in [0.15, 0.2) is 0 Å². The van der Waals surface area contributed by atoms with Crippen molar-refractivity contribution in [1.29, 1.82) is 0 Å². The number of imide groups is 1. The van der Waals surface area contributed by atoms with Crippen LogP contribution >= 0.6 is 0 Å². The highest BCUT2D eigenvalue weighted by atomic mass is 19.4. The molecule has 80 valence electrons. The van der Waals surface area contributed by atoms with Gasteiger partial charge in [0.25, 0.3) is 0 Å². The SMILES string of the molecule is O=C1CNC(=O)N1CC(O)C(F)(F)F. The van der Waals surface area contributed by atoms with E-state index >= 15 is 0 Å². The Morgan fingerprint density at radius 3 is 2.43 bits per heavy atom.